The minimum Gasteiger partial charge on any atom is -0.481 e. The third-order valence-electron chi connectivity index (χ3n) is 4.04. The summed E-state index contributed by atoms with van der Waals surface area (Å²) in [5.41, 5.74) is 0. The monoisotopic (exact) mass is 351 g/mol. The standard InChI is InChI=1S/C16H17NO4S2/c1-9-7-11(9)12-5-4-10(21-12)8-13-15(20)17(16(22)23-13)6-2-3-14(18)19/h4-5,8-9,11H,2-3,6-7H2,1H3,(H,18,19)/b13-8-/t9-,11-/m1/s1. The Balaban J connectivity index is 1.66. The quantitative estimate of drug-likeness (QED) is 0.625. The van der Waals surface area contributed by atoms with Crippen molar-refractivity contribution in [3.05, 3.63) is 28.6 Å². The minimum absolute atomic E-state index is 0.0250. The van der Waals surface area contributed by atoms with Gasteiger partial charge in [0.2, 0.25) is 0 Å². The number of furan rings is 1. The summed E-state index contributed by atoms with van der Waals surface area (Å²) >= 11 is 6.44. The van der Waals surface area contributed by atoms with Crippen LogP contribution >= 0.6 is 24.0 Å². The SMILES string of the molecule is C[C@@H]1C[C@H]1c1ccc(/C=C2\SC(=S)N(CCCC(=O)O)C2=O)o1. The molecule has 2 aliphatic rings. The Bertz CT molecular complexity index is 694. The molecule has 5 nitrogen and oxygen atoms in total. The predicted molar refractivity (Wildman–Crippen MR) is 92.0 cm³/mol. The second-order valence-electron chi connectivity index (χ2n) is 5.89. The fraction of sp³-hybridized carbons (Fsp3) is 0.438. The van der Waals surface area contributed by atoms with Crippen LogP contribution in [0, 0.1) is 5.92 Å². The van der Waals surface area contributed by atoms with Crippen molar-refractivity contribution in [2.75, 3.05) is 6.54 Å². The van der Waals surface area contributed by atoms with Crippen LogP contribution in [-0.2, 0) is 9.59 Å². The normalized spacial score (nSPS) is 25.4. The number of thioether (sulfide) groups is 1. The molecule has 122 valence electrons. The van der Waals surface area contributed by atoms with Crippen LogP contribution < -0.4 is 0 Å². The molecule has 1 saturated heterocycles. The summed E-state index contributed by atoms with van der Waals surface area (Å²) in [5.74, 6) is 1.75. The maximum Gasteiger partial charge on any atom is 0.303 e. The van der Waals surface area contributed by atoms with Gasteiger partial charge in [-0.05, 0) is 30.9 Å². The lowest BCUT2D eigenvalue weighted by Gasteiger charge is -2.13. The summed E-state index contributed by atoms with van der Waals surface area (Å²) in [6.07, 6.45) is 3.28. The van der Waals surface area contributed by atoms with E-state index in [2.05, 4.69) is 6.92 Å². The van der Waals surface area contributed by atoms with E-state index in [1.54, 1.807) is 6.08 Å². The Labute approximate surface area is 143 Å². The molecule has 0 aromatic carbocycles. The molecule has 1 aliphatic carbocycles. The first-order chi connectivity index (χ1) is 11.0. The summed E-state index contributed by atoms with van der Waals surface area (Å²) < 4.78 is 6.26. The van der Waals surface area contributed by atoms with Crippen LogP contribution in [0.3, 0.4) is 0 Å². The van der Waals surface area contributed by atoms with E-state index in [0.717, 1.165) is 12.2 Å². The van der Waals surface area contributed by atoms with Crippen LogP contribution in [0.2, 0.25) is 0 Å². The Morgan fingerprint density at radius 3 is 2.96 bits per heavy atom. The molecule has 0 spiro atoms. The largest absolute Gasteiger partial charge is 0.481 e. The average Bonchev–Trinajstić information content (AvgIpc) is 2.93. The lowest BCUT2D eigenvalue weighted by Crippen LogP contribution is -2.29. The number of hydrogen-bond donors (Lipinski definition) is 1. The molecule has 1 aromatic heterocycles. The smallest absolute Gasteiger partial charge is 0.303 e. The molecule has 0 bridgehead atoms. The fourth-order valence-corrected chi connectivity index (χ4v) is 3.86. The topological polar surface area (TPSA) is 70.8 Å². The molecule has 0 radical (unpaired) electrons. The zero-order chi connectivity index (χ0) is 16.6. The van der Waals surface area contributed by atoms with Crippen LogP contribution in [0.4, 0.5) is 0 Å². The van der Waals surface area contributed by atoms with Crippen molar-refractivity contribution in [2.24, 2.45) is 5.92 Å². The van der Waals surface area contributed by atoms with Gasteiger partial charge in [-0.25, -0.2) is 0 Å². The predicted octanol–water partition coefficient (Wildman–Crippen LogP) is 3.47. The van der Waals surface area contributed by atoms with Gasteiger partial charge in [-0.3, -0.25) is 14.5 Å². The molecular weight excluding hydrogens is 334 g/mol. The lowest BCUT2D eigenvalue weighted by molar-refractivity contribution is -0.137. The highest BCUT2D eigenvalue weighted by molar-refractivity contribution is 8.26. The minimum atomic E-state index is -0.872. The molecule has 1 N–H and O–H groups in total. The van der Waals surface area contributed by atoms with Gasteiger partial charge in [0, 0.05) is 25.0 Å². The Morgan fingerprint density at radius 2 is 2.30 bits per heavy atom. The number of amides is 1. The maximum absolute atomic E-state index is 12.4. The fourth-order valence-electron chi connectivity index (χ4n) is 2.57. The first-order valence-electron chi connectivity index (χ1n) is 7.52. The zero-order valence-corrected chi connectivity index (χ0v) is 14.3. The van der Waals surface area contributed by atoms with E-state index in [9.17, 15) is 9.59 Å². The summed E-state index contributed by atoms with van der Waals surface area (Å²) in [5, 5.41) is 8.67. The number of nitrogens with zero attached hydrogens (tertiary/aromatic N) is 1. The van der Waals surface area contributed by atoms with E-state index >= 15 is 0 Å². The number of carbonyl (C=O) groups excluding carboxylic acids is 1. The second kappa shape index (κ2) is 6.49. The number of carboxylic acid groups (broad SMARTS) is 1. The number of rotatable bonds is 6. The highest BCUT2D eigenvalue weighted by Crippen LogP contribution is 2.47. The number of carboxylic acids is 1. The van der Waals surface area contributed by atoms with Gasteiger partial charge in [-0.15, -0.1) is 0 Å². The van der Waals surface area contributed by atoms with E-state index in [1.807, 2.05) is 12.1 Å². The Hall–Kier alpha value is -1.60. The van der Waals surface area contributed by atoms with Crippen molar-refractivity contribution < 1.29 is 19.1 Å². The zero-order valence-electron chi connectivity index (χ0n) is 12.7. The van der Waals surface area contributed by atoms with Gasteiger partial charge in [0.15, 0.2) is 0 Å². The van der Waals surface area contributed by atoms with E-state index in [1.165, 1.54) is 16.7 Å². The second-order valence-corrected chi connectivity index (χ2v) is 7.57. The molecule has 0 unspecified atom stereocenters. The van der Waals surface area contributed by atoms with Crippen LogP contribution in [-0.4, -0.2) is 32.7 Å². The Morgan fingerprint density at radius 1 is 1.57 bits per heavy atom. The highest BCUT2D eigenvalue weighted by atomic mass is 32.2. The summed E-state index contributed by atoms with van der Waals surface area (Å²) in [6, 6.07) is 3.84. The molecule has 2 atom stereocenters. The summed E-state index contributed by atoms with van der Waals surface area (Å²) in [4.78, 5) is 24.9. The third kappa shape index (κ3) is 3.67. The van der Waals surface area contributed by atoms with Gasteiger partial charge >= 0.3 is 5.97 Å². The highest BCUT2D eigenvalue weighted by Gasteiger charge is 2.37. The molecular formula is C16H17NO4S2. The van der Waals surface area contributed by atoms with Crippen molar-refractivity contribution in [2.45, 2.75) is 32.1 Å². The number of thiocarbonyl (C=S) groups is 1. The molecule has 1 amide bonds. The number of hydrogen-bond acceptors (Lipinski definition) is 5. The Kier molecular flexibility index (Phi) is 4.59. The van der Waals surface area contributed by atoms with Gasteiger partial charge < -0.3 is 9.52 Å². The average molecular weight is 351 g/mol. The molecule has 2 heterocycles. The number of aliphatic carboxylic acids is 1. The van der Waals surface area contributed by atoms with Gasteiger partial charge in [-0.2, -0.15) is 0 Å². The van der Waals surface area contributed by atoms with Gasteiger partial charge in [0.25, 0.3) is 5.91 Å². The lowest BCUT2D eigenvalue weighted by atomic mass is 10.3. The van der Waals surface area contributed by atoms with Crippen LogP contribution in [0.1, 0.15) is 43.6 Å². The van der Waals surface area contributed by atoms with E-state index < -0.39 is 5.97 Å². The van der Waals surface area contributed by atoms with Crippen molar-refractivity contribution in [1.82, 2.24) is 4.90 Å². The van der Waals surface area contributed by atoms with Gasteiger partial charge in [-0.1, -0.05) is 30.9 Å². The van der Waals surface area contributed by atoms with Crippen molar-refractivity contribution >= 4 is 46.3 Å². The van der Waals surface area contributed by atoms with Crippen LogP contribution in [0.15, 0.2) is 21.5 Å². The van der Waals surface area contributed by atoms with Crippen LogP contribution in [0.25, 0.3) is 6.08 Å². The molecule has 1 aliphatic heterocycles. The van der Waals surface area contributed by atoms with E-state index in [-0.39, 0.29) is 12.3 Å². The molecule has 23 heavy (non-hydrogen) atoms. The van der Waals surface area contributed by atoms with Gasteiger partial charge in [0.05, 0.1) is 4.91 Å². The van der Waals surface area contributed by atoms with Crippen molar-refractivity contribution in [3.63, 3.8) is 0 Å². The maximum atomic E-state index is 12.4. The third-order valence-corrected chi connectivity index (χ3v) is 5.42. The van der Waals surface area contributed by atoms with Crippen molar-refractivity contribution in [3.8, 4) is 0 Å². The summed E-state index contributed by atoms with van der Waals surface area (Å²) in [6.45, 7) is 2.52. The first kappa shape index (κ1) is 16.3. The van der Waals surface area contributed by atoms with E-state index in [0.29, 0.717) is 39.8 Å². The molecule has 1 saturated carbocycles. The van der Waals surface area contributed by atoms with Crippen LogP contribution in [0.5, 0.6) is 0 Å². The number of carbonyl (C=O) groups is 2. The first-order valence-corrected chi connectivity index (χ1v) is 8.75. The van der Waals surface area contributed by atoms with E-state index in [4.69, 9.17) is 21.7 Å². The molecule has 3 rings (SSSR count). The summed E-state index contributed by atoms with van der Waals surface area (Å²) in [7, 11) is 0. The molecule has 7 heteroatoms. The molecule has 1 aromatic rings. The molecule has 2 fully saturated rings. The van der Waals surface area contributed by atoms with Gasteiger partial charge in [0.1, 0.15) is 15.8 Å². The van der Waals surface area contributed by atoms with Crippen molar-refractivity contribution in [1.29, 1.82) is 0 Å².